The summed E-state index contributed by atoms with van der Waals surface area (Å²) in [7, 11) is 0. The van der Waals surface area contributed by atoms with Crippen molar-refractivity contribution in [1.82, 2.24) is 10.5 Å². The van der Waals surface area contributed by atoms with Crippen LogP contribution in [0.3, 0.4) is 0 Å². The molecule has 0 aliphatic heterocycles. The van der Waals surface area contributed by atoms with Crippen LogP contribution in [0.15, 0.2) is 10.7 Å². The Balaban J connectivity index is 1.75. The van der Waals surface area contributed by atoms with E-state index in [0.29, 0.717) is 5.92 Å². The van der Waals surface area contributed by atoms with Crippen molar-refractivity contribution in [2.75, 3.05) is 0 Å². The van der Waals surface area contributed by atoms with E-state index in [1.54, 1.807) is 0 Å². The number of carbonyl (C=O) groups excluding carboxylic acids is 1. The number of nitrogens with zero attached hydrogens (tertiary/aromatic N) is 1. The number of amides is 1. The molecule has 1 N–H and O–H groups in total. The van der Waals surface area contributed by atoms with Crippen molar-refractivity contribution in [3.8, 4) is 0 Å². The van der Waals surface area contributed by atoms with E-state index in [2.05, 4.69) is 31.2 Å². The van der Waals surface area contributed by atoms with Gasteiger partial charge in [0.05, 0.1) is 6.20 Å². The minimum Gasteiger partial charge on any atom is -0.444 e. The van der Waals surface area contributed by atoms with Crippen molar-refractivity contribution in [3.63, 3.8) is 0 Å². The molecule has 1 fully saturated rings. The molecule has 1 aromatic rings. The Bertz CT molecular complexity index is 629. The van der Waals surface area contributed by atoms with Gasteiger partial charge in [-0.3, -0.25) is 0 Å². The third kappa shape index (κ3) is 3.05. The molecular weight excluding hydrogens is 304 g/mol. The van der Waals surface area contributed by atoms with Gasteiger partial charge in [-0.1, -0.05) is 25.9 Å². The van der Waals surface area contributed by atoms with Gasteiger partial charge in [-0.2, -0.15) is 0 Å². The SMILES string of the molecule is CC(C)(C)OC(=O)NC1CC[C@H]2C(C)(C)c3oncc3C[C@]2(C)C1. The van der Waals surface area contributed by atoms with Gasteiger partial charge in [0.1, 0.15) is 11.4 Å². The van der Waals surface area contributed by atoms with Crippen LogP contribution in [0.1, 0.15) is 72.1 Å². The lowest BCUT2D eigenvalue weighted by molar-refractivity contribution is 0.00775. The lowest BCUT2D eigenvalue weighted by atomic mass is 9.51. The second kappa shape index (κ2) is 5.50. The Kier molecular flexibility index (Phi) is 3.97. The highest BCUT2D eigenvalue weighted by Crippen LogP contribution is 2.56. The minimum atomic E-state index is -0.463. The Morgan fingerprint density at radius 3 is 2.71 bits per heavy atom. The monoisotopic (exact) mass is 334 g/mol. The lowest BCUT2D eigenvalue weighted by Gasteiger charge is -2.53. The molecule has 2 aliphatic carbocycles. The summed E-state index contributed by atoms with van der Waals surface area (Å²) in [6.07, 6.45) is 5.53. The van der Waals surface area contributed by atoms with Crippen LogP contribution in [0.5, 0.6) is 0 Å². The molecule has 0 spiro atoms. The van der Waals surface area contributed by atoms with Crippen LogP contribution in [-0.2, 0) is 16.6 Å². The highest BCUT2D eigenvalue weighted by atomic mass is 16.6. The second-order valence-corrected chi connectivity index (χ2v) is 9.41. The van der Waals surface area contributed by atoms with E-state index in [0.717, 1.165) is 31.4 Å². The van der Waals surface area contributed by atoms with Gasteiger partial charge in [-0.25, -0.2) is 4.79 Å². The number of fused-ring (bicyclic) bond motifs is 2. The highest BCUT2D eigenvalue weighted by Gasteiger charge is 2.53. The van der Waals surface area contributed by atoms with E-state index in [1.807, 2.05) is 27.0 Å². The van der Waals surface area contributed by atoms with Crippen LogP contribution in [0.4, 0.5) is 4.79 Å². The molecule has 5 heteroatoms. The number of nitrogens with one attached hydrogen (secondary N) is 1. The van der Waals surface area contributed by atoms with Crippen LogP contribution < -0.4 is 5.32 Å². The Morgan fingerprint density at radius 2 is 2.04 bits per heavy atom. The van der Waals surface area contributed by atoms with Gasteiger partial charge in [-0.15, -0.1) is 0 Å². The smallest absolute Gasteiger partial charge is 0.407 e. The molecule has 0 bridgehead atoms. The van der Waals surface area contributed by atoms with Crippen molar-refractivity contribution in [2.24, 2.45) is 11.3 Å². The van der Waals surface area contributed by atoms with Gasteiger partial charge >= 0.3 is 6.09 Å². The average molecular weight is 334 g/mol. The molecule has 1 saturated carbocycles. The van der Waals surface area contributed by atoms with Crippen LogP contribution in [0, 0.1) is 11.3 Å². The molecule has 1 amide bonds. The quantitative estimate of drug-likeness (QED) is 0.835. The standard InChI is InChI=1S/C19H30N2O3/c1-17(2,3)23-16(22)21-13-7-8-14-18(4,5)15-12(11-20-24-15)9-19(14,6)10-13/h11,13-14H,7-10H2,1-6H3,(H,21,22)/t13?,14-,19+/m0/s1. The van der Waals surface area contributed by atoms with Crippen LogP contribution in [-0.4, -0.2) is 22.9 Å². The Hall–Kier alpha value is -1.52. The maximum atomic E-state index is 12.1. The number of hydrogen-bond donors (Lipinski definition) is 1. The zero-order chi connectivity index (χ0) is 17.8. The summed E-state index contributed by atoms with van der Waals surface area (Å²) < 4.78 is 11.0. The number of rotatable bonds is 1. The van der Waals surface area contributed by atoms with Gasteiger partial charge in [0, 0.05) is 17.0 Å². The summed E-state index contributed by atoms with van der Waals surface area (Å²) in [4.78, 5) is 12.1. The fourth-order valence-electron chi connectivity index (χ4n) is 5.06. The molecule has 1 aromatic heterocycles. The maximum Gasteiger partial charge on any atom is 0.407 e. The number of hydrogen-bond acceptors (Lipinski definition) is 4. The molecular formula is C19H30N2O3. The predicted octanol–water partition coefficient (Wildman–Crippen LogP) is 4.21. The molecule has 3 atom stereocenters. The highest BCUT2D eigenvalue weighted by molar-refractivity contribution is 5.68. The Labute approximate surface area is 144 Å². The minimum absolute atomic E-state index is 0.0181. The first-order chi connectivity index (χ1) is 11.0. The van der Waals surface area contributed by atoms with Crippen molar-refractivity contribution in [1.29, 1.82) is 0 Å². The largest absolute Gasteiger partial charge is 0.444 e. The van der Waals surface area contributed by atoms with E-state index in [4.69, 9.17) is 9.26 Å². The summed E-state index contributed by atoms with van der Waals surface area (Å²) in [5, 5.41) is 7.11. The summed E-state index contributed by atoms with van der Waals surface area (Å²) in [6, 6.07) is 0.165. The molecule has 134 valence electrons. The fourth-order valence-corrected chi connectivity index (χ4v) is 5.06. The van der Waals surface area contributed by atoms with Crippen molar-refractivity contribution in [3.05, 3.63) is 17.5 Å². The van der Waals surface area contributed by atoms with Crippen LogP contribution in [0.25, 0.3) is 0 Å². The number of alkyl carbamates (subject to hydrolysis) is 1. The van der Waals surface area contributed by atoms with Gasteiger partial charge in [0.25, 0.3) is 0 Å². The zero-order valence-corrected chi connectivity index (χ0v) is 15.7. The van der Waals surface area contributed by atoms with Crippen molar-refractivity contribution >= 4 is 6.09 Å². The predicted molar refractivity (Wildman–Crippen MR) is 91.8 cm³/mol. The molecule has 5 nitrogen and oxygen atoms in total. The first-order valence-electron chi connectivity index (χ1n) is 8.95. The lowest BCUT2D eigenvalue weighted by Crippen LogP contribution is -2.53. The molecule has 0 saturated heterocycles. The average Bonchev–Trinajstić information content (AvgIpc) is 2.83. The summed E-state index contributed by atoms with van der Waals surface area (Å²) in [5.74, 6) is 1.57. The summed E-state index contributed by atoms with van der Waals surface area (Å²) in [5.41, 5.74) is 0.877. The maximum absolute atomic E-state index is 12.1. The van der Waals surface area contributed by atoms with Crippen LogP contribution in [0.2, 0.25) is 0 Å². The molecule has 24 heavy (non-hydrogen) atoms. The molecule has 3 rings (SSSR count). The van der Waals surface area contributed by atoms with E-state index in [9.17, 15) is 4.79 Å². The van der Waals surface area contributed by atoms with Gasteiger partial charge < -0.3 is 14.6 Å². The van der Waals surface area contributed by atoms with Gasteiger partial charge in [0.15, 0.2) is 0 Å². The first-order valence-corrected chi connectivity index (χ1v) is 8.95. The molecule has 0 radical (unpaired) electrons. The second-order valence-electron chi connectivity index (χ2n) is 9.41. The number of ether oxygens (including phenoxy) is 1. The van der Waals surface area contributed by atoms with E-state index in [1.165, 1.54) is 5.56 Å². The van der Waals surface area contributed by atoms with E-state index >= 15 is 0 Å². The molecule has 1 unspecified atom stereocenters. The van der Waals surface area contributed by atoms with Crippen LogP contribution >= 0.6 is 0 Å². The topological polar surface area (TPSA) is 64.4 Å². The number of aromatic nitrogens is 1. The number of carbonyl (C=O) groups is 1. The summed E-state index contributed by atoms with van der Waals surface area (Å²) in [6.45, 7) is 12.5. The van der Waals surface area contributed by atoms with Gasteiger partial charge in [0.2, 0.25) is 0 Å². The van der Waals surface area contributed by atoms with E-state index < -0.39 is 5.60 Å². The van der Waals surface area contributed by atoms with E-state index in [-0.39, 0.29) is 23.0 Å². The Morgan fingerprint density at radius 1 is 1.33 bits per heavy atom. The summed E-state index contributed by atoms with van der Waals surface area (Å²) >= 11 is 0. The third-order valence-corrected chi connectivity index (χ3v) is 5.77. The third-order valence-electron chi connectivity index (χ3n) is 5.77. The van der Waals surface area contributed by atoms with Crippen molar-refractivity contribution in [2.45, 2.75) is 84.3 Å². The van der Waals surface area contributed by atoms with Crippen molar-refractivity contribution < 1.29 is 14.1 Å². The molecule has 0 aromatic carbocycles. The molecule has 2 aliphatic rings. The first kappa shape index (κ1) is 17.3. The normalized spacial score (nSPS) is 31.8. The molecule has 1 heterocycles. The zero-order valence-electron chi connectivity index (χ0n) is 15.7. The fraction of sp³-hybridized carbons (Fsp3) is 0.789. The van der Waals surface area contributed by atoms with Gasteiger partial charge in [-0.05, 0) is 57.8 Å².